The highest BCUT2D eigenvalue weighted by molar-refractivity contribution is 5.98. The van der Waals surface area contributed by atoms with Crippen LogP contribution in [0.15, 0.2) is 18.3 Å². The van der Waals surface area contributed by atoms with Gasteiger partial charge in [-0.3, -0.25) is 9.48 Å². The molecule has 94 valence electrons. The van der Waals surface area contributed by atoms with Crippen molar-refractivity contribution in [3.63, 3.8) is 0 Å². The molecule has 0 radical (unpaired) electrons. The van der Waals surface area contributed by atoms with Crippen LogP contribution in [-0.4, -0.2) is 35.3 Å². The molecule has 0 spiro atoms. The Morgan fingerprint density at radius 2 is 2.28 bits per heavy atom. The van der Waals surface area contributed by atoms with Gasteiger partial charge in [0, 0.05) is 20.1 Å². The van der Waals surface area contributed by atoms with Gasteiger partial charge < -0.3 is 10.2 Å². The second-order valence-electron chi connectivity index (χ2n) is 4.32. The molecule has 1 aromatic carbocycles. The summed E-state index contributed by atoms with van der Waals surface area (Å²) in [7, 11) is 1.76. The monoisotopic (exact) mass is 248 g/mol. The fraction of sp³-hybridized carbons (Fsp3) is 0.333. The lowest BCUT2D eigenvalue weighted by atomic mass is 10.2. The highest BCUT2D eigenvalue weighted by Crippen LogP contribution is 2.27. The van der Waals surface area contributed by atoms with Crippen LogP contribution in [0.4, 0.5) is 10.1 Å². The van der Waals surface area contributed by atoms with Crippen molar-refractivity contribution < 1.29 is 9.18 Å². The van der Waals surface area contributed by atoms with Crippen molar-refractivity contribution in [3.8, 4) is 0 Å². The molecule has 1 aliphatic rings. The molecule has 0 saturated carbocycles. The molecule has 1 N–H and O–H groups in total. The summed E-state index contributed by atoms with van der Waals surface area (Å²) in [5.74, 6) is -0.487. The van der Waals surface area contributed by atoms with Gasteiger partial charge in [-0.2, -0.15) is 5.10 Å². The van der Waals surface area contributed by atoms with Gasteiger partial charge in [0.25, 0.3) is 0 Å². The molecule has 1 aliphatic heterocycles. The van der Waals surface area contributed by atoms with Crippen molar-refractivity contribution >= 4 is 22.5 Å². The molecule has 5 nitrogen and oxygen atoms in total. The normalized spacial score (nSPS) is 16.6. The van der Waals surface area contributed by atoms with Crippen molar-refractivity contribution in [1.29, 1.82) is 0 Å². The van der Waals surface area contributed by atoms with Gasteiger partial charge in [-0.25, -0.2) is 4.39 Å². The Balaban J connectivity index is 2.12. The van der Waals surface area contributed by atoms with Crippen LogP contribution in [0.25, 0.3) is 10.9 Å². The number of aryl methyl sites for hydroxylation is 1. The lowest BCUT2D eigenvalue weighted by Gasteiger charge is -2.27. The Bertz CT molecular complexity index is 622. The van der Waals surface area contributed by atoms with Crippen LogP contribution < -0.4 is 10.2 Å². The minimum Gasteiger partial charge on any atom is -0.307 e. The van der Waals surface area contributed by atoms with Crippen LogP contribution in [0.1, 0.15) is 0 Å². The number of carbonyl (C=O) groups is 1. The number of benzene rings is 1. The lowest BCUT2D eigenvalue weighted by molar-refractivity contribution is -0.118. The maximum atomic E-state index is 14.4. The van der Waals surface area contributed by atoms with E-state index in [9.17, 15) is 9.18 Å². The first-order chi connectivity index (χ1) is 8.68. The van der Waals surface area contributed by atoms with E-state index in [-0.39, 0.29) is 18.3 Å². The zero-order valence-corrected chi connectivity index (χ0v) is 9.98. The van der Waals surface area contributed by atoms with E-state index in [0.29, 0.717) is 24.2 Å². The number of hydrogen-bond donors (Lipinski definition) is 1. The topological polar surface area (TPSA) is 50.2 Å². The summed E-state index contributed by atoms with van der Waals surface area (Å²) >= 11 is 0. The zero-order valence-electron chi connectivity index (χ0n) is 9.98. The molecule has 0 bridgehead atoms. The summed E-state index contributed by atoms with van der Waals surface area (Å²) in [6.45, 7) is 1.42. The molecule has 1 saturated heterocycles. The maximum absolute atomic E-state index is 14.4. The number of nitrogens with zero attached hydrogens (tertiary/aromatic N) is 3. The van der Waals surface area contributed by atoms with Gasteiger partial charge in [0.15, 0.2) is 5.82 Å². The number of hydrogen-bond acceptors (Lipinski definition) is 3. The van der Waals surface area contributed by atoms with Gasteiger partial charge in [0.05, 0.1) is 29.3 Å². The molecule has 0 atom stereocenters. The smallest absolute Gasteiger partial charge is 0.241 e. The minimum absolute atomic E-state index is 0.108. The van der Waals surface area contributed by atoms with Crippen molar-refractivity contribution in [1.82, 2.24) is 15.1 Å². The number of amides is 1. The summed E-state index contributed by atoms with van der Waals surface area (Å²) in [6.07, 6.45) is 1.49. The summed E-state index contributed by atoms with van der Waals surface area (Å²) in [5.41, 5.74) is 1.06. The molecule has 0 aliphatic carbocycles. The first-order valence-electron chi connectivity index (χ1n) is 5.80. The number of aromatic nitrogens is 2. The van der Waals surface area contributed by atoms with Crippen molar-refractivity contribution in [3.05, 3.63) is 24.1 Å². The van der Waals surface area contributed by atoms with Crippen LogP contribution >= 0.6 is 0 Å². The van der Waals surface area contributed by atoms with Gasteiger partial charge in [0.2, 0.25) is 5.91 Å². The molecular formula is C12H13FN4O. The lowest BCUT2D eigenvalue weighted by Crippen LogP contribution is -2.48. The first-order valence-corrected chi connectivity index (χ1v) is 5.80. The van der Waals surface area contributed by atoms with Crippen LogP contribution in [0.2, 0.25) is 0 Å². The minimum atomic E-state index is -0.379. The third kappa shape index (κ3) is 1.57. The predicted molar refractivity (Wildman–Crippen MR) is 65.9 cm³/mol. The SMILES string of the molecule is Cn1ncc2c(F)c(N3CCNCC3=O)ccc21. The average Bonchev–Trinajstić information content (AvgIpc) is 2.74. The summed E-state index contributed by atoms with van der Waals surface area (Å²) < 4.78 is 16.0. The van der Waals surface area contributed by atoms with E-state index in [4.69, 9.17) is 0 Å². The highest BCUT2D eigenvalue weighted by Gasteiger charge is 2.23. The molecule has 6 heteroatoms. The van der Waals surface area contributed by atoms with E-state index in [1.165, 1.54) is 11.1 Å². The predicted octanol–water partition coefficient (Wildman–Crippen LogP) is 0.649. The highest BCUT2D eigenvalue weighted by atomic mass is 19.1. The largest absolute Gasteiger partial charge is 0.307 e. The van der Waals surface area contributed by atoms with Crippen LogP contribution in [0.5, 0.6) is 0 Å². The quantitative estimate of drug-likeness (QED) is 0.806. The Morgan fingerprint density at radius 3 is 3.06 bits per heavy atom. The zero-order chi connectivity index (χ0) is 12.7. The van der Waals surface area contributed by atoms with Crippen LogP contribution in [0.3, 0.4) is 0 Å². The van der Waals surface area contributed by atoms with Gasteiger partial charge in [0.1, 0.15) is 0 Å². The van der Waals surface area contributed by atoms with E-state index < -0.39 is 0 Å². The third-order valence-electron chi connectivity index (χ3n) is 3.23. The number of nitrogens with one attached hydrogen (secondary N) is 1. The second-order valence-corrected chi connectivity index (χ2v) is 4.32. The molecular weight excluding hydrogens is 235 g/mol. The van der Waals surface area contributed by atoms with Gasteiger partial charge in [-0.1, -0.05) is 0 Å². The fourth-order valence-electron chi connectivity index (χ4n) is 2.25. The molecule has 18 heavy (non-hydrogen) atoms. The Morgan fingerprint density at radius 1 is 1.44 bits per heavy atom. The molecule has 2 heterocycles. The molecule has 1 amide bonds. The first kappa shape index (κ1) is 11.2. The number of anilines is 1. The average molecular weight is 248 g/mol. The van der Waals surface area contributed by atoms with Gasteiger partial charge >= 0.3 is 0 Å². The second kappa shape index (κ2) is 4.06. The summed E-state index contributed by atoms with van der Waals surface area (Å²) in [5, 5.41) is 7.43. The molecule has 1 fully saturated rings. The van der Waals surface area contributed by atoms with Crippen LogP contribution in [0, 0.1) is 5.82 Å². The molecule has 2 aromatic rings. The Kier molecular flexibility index (Phi) is 2.52. The summed E-state index contributed by atoms with van der Waals surface area (Å²) in [4.78, 5) is 13.2. The maximum Gasteiger partial charge on any atom is 0.241 e. The van der Waals surface area contributed by atoms with Gasteiger partial charge in [-0.15, -0.1) is 0 Å². The third-order valence-corrected chi connectivity index (χ3v) is 3.23. The van der Waals surface area contributed by atoms with Crippen LogP contribution in [-0.2, 0) is 11.8 Å². The van der Waals surface area contributed by atoms with Crippen molar-refractivity contribution in [2.75, 3.05) is 24.5 Å². The molecule has 1 aromatic heterocycles. The van der Waals surface area contributed by atoms with E-state index >= 15 is 0 Å². The Hall–Kier alpha value is -1.95. The van der Waals surface area contributed by atoms with E-state index in [1.54, 1.807) is 23.9 Å². The van der Waals surface area contributed by atoms with Crippen molar-refractivity contribution in [2.45, 2.75) is 0 Å². The van der Waals surface area contributed by atoms with E-state index in [2.05, 4.69) is 10.4 Å². The number of piperazine rings is 1. The standard InChI is InChI=1S/C12H13FN4O/c1-16-9-2-3-10(12(13)8(9)6-15-16)17-5-4-14-7-11(17)18/h2-3,6,14H,4-5,7H2,1H3. The van der Waals surface area contributed by atoms with Crippen molar-refractivity contribution in [2.24, 2.45) is 7.05 Å². The van der Waals surface area contributed by atoms with Gasteiger partial charge in [-0.05, 0) is 12.1 Å². The Labute approximate surface area is 103 Å². The number of rotatable bonds is 1. The van der Waals surface area contributed by atoms with E-state index in [1.807, 2.05) is 0 Å². The summed E-state index contributed by atoms with van der Waals surface area (Å²) in [6, 6.07) is 3.43. The number of halogens is 1. The number of fused-ring (bicyclic) bond motifs is 1. The fourth-order valence-corrected chi connectivity index (χ4v) is 2.25. The van der Waals surface area contributed by atoms with E-state index in [0.717, 1.165) is 5.52 Å². The number of carbonyl (C=O) groups excluding carboxylic acids is 1. The molecule has 3 rings (SSSR count). The molecule has 0 unspecified atom stereocenters.